The van der Waals surface area contributed by atoms with Gasteiger partial charge in [0.15, 0.2) is 0 Å². The molecule has 0 spiro atoms. The molecule has 0 radical (unpaired) electrons. The second-order valence-corrected chi connectivity index (χ2v) is 4.17. The lowest BCUT2D eigenvalue weighted by molar-refractivity contribution is -0.128. The third-order valence-corrected chi connectivity index (χ3v) is 2.65. The predicted molar refractivity (Wildman–Crippen MR) is 58.3 cm³/mol. The Morgan fingerprint density at radius 2 is 2.29 bits per heavy atom. The first kappa shape index (κ1) is 11.0. The second kappa shape index (κ2) is 5.65. The number of thioether (sulfide) groups is 1. The Morgan fingerprint density at radius 1 is 1.50 bits per heavy atom. The number of amides is 1. The molecule has 14 heavy (non-hydrogen) atoms. The molecule has 1 aromatic rings. The van der Waals surface area contributed by atoms with Gasteiger partial charge in [-0.1, -0.05) is 6.07 Å². The summed E-state index contributed by atoms with van der Waals surface area (Å²) in [7, 11) is 3.54. The van der Waals surface area contributed by atoms with Crippen LogP contribution >= 0.6 is 11.8 Å². The third kappa shape index (κ3) is 3.79. The quantitative estimate of drug-likeness (QED) is 0.708. The molecule has 1 heterocycles. The van der Waals surface area contributed by atoms with E-state index < -0.39 is 0 Å². The standard InChI is InChI=1S/C10H14N2OS/c1-12(2)10(13)6-8-14-9-5-3-4-7-11-9/h3-5,7H,6,8H2,1-2H3. The highest BCUT2D eigenvalue weighted by Gasteiger charge is 2.03. The fourth-order valence-electron chi connectivity index (χ4n) is 0.899. The fourth-order valence-corrected chi connectivity index (χ4v) is 1.69. The van der Waals surface area contributed by atoms with Crippen molar-refractivity contribution in [2.24, 2.45) is 0 Å². The number of hydrogen-bond donors (Lipinski definition) is 0. The van der Waals surface area contributed by atoms with Gasteiger partial charge in [-0.25, -0.2) is 4.98 Å². The normalized spacial score (nSPS) is 9.86. The molecule has 0 bridgehead atoms. The van der Waals surface area contributed by atoms with E-state index in [1.54, 1.807) is 37.0 Å². The SMILES string of the molecule is CN(C)C(=O)CCSc1ccccn1. The second-order valence-electron chi connectivity index (χ2n) is 3.05. The largest absolute Gasteiger partial charge is 0.349 e. The summed E-state index contributed by atoms with van der Waals surface area (Å²) in [6, 6.07) is 5.78. The molecule has 0 N–H and O–H groups in total. The highest BCUT2D eigenvalue weighted by Crippen LogP contribution is 2.14. The lowest BCUT2D eigenvalue weighted by atomic mass is 10.4. The van der Waals surface area contributed by atoms with Crippen LogP contribution in [0.1, 0.15) is 6.42 Å². The van der Waals surface area contributed by atoms with E-state index in [1.807, 2.05) is 18.2 Å². The minimum absolute atomic E-state index is 0.161. The Hall–Kier alpha value is -1.03. The molecule has 0 unspecified atom stereocenters. The van der Waals surface area contributed by atoms with Crippen LogP contribution in [0.5, 0.6) is 0 Å². The van der Waals surface area contributed by atoms with Gasteiger partial charge < -0.3 is 4.90 Å². The van der Waals surface area contributed by atoms with E-state index in [9.17, 15) is 4.79 Å². The summed E-state index contributed by atoms with van der Waals surface area (Å²) in [6.45, 7) is 0. The van der Waals surface area contributed by atoms with Gasteiger partial charge in [0.2, 0.25) is 5.91 Å². The van der Waals surface area contributed by atoms with Crippen LogP contribution < -0.4 is 0 Å². The first-order chi connectivity index (χ1) is 6.70. The Balaban J connectivity index is 2.26. The van der Waals surface area contributed by atoms with Crippen LogP contribution in [0.25, 0.3) is 0 Å². The van der Waals surface area contributed by atoms with Crippen LogP contribution in [-0.4, -0.2) is 35.6 Å². The van der Waals surface area contributed by atoms with Crippen LogP contribution in [0.15, 0.2) is 29.4 Å². The minimum atomic E-state index is 0.161. The molecule has 1 aromatic heterocycles. The Kier molecular flexibility index (Phi) is 4.46. The Bertz CT molecular complexity index is 287. The maximum Gasteiger partial charge on any atom is 0.222 e. The third-order valence-electron chi connectivity index (χ3n) is 1.70. The average Bonchev–Trinajstić information content (AvgIpc) is 2.19. The van der Waals surface area contributed by atoms with Gasteiger partial charge in [-0.3, -0.25) is 4.79 Å². The maximum atomic E-state index is 11.2. The molecule has 1 rings (SSSR count). The van der Waals surface area contributed by atoms with Gasteiger partial charge in [0.25, 0.3) is 0 Å². The van der Waals surface area contributed by atoms with Crippen molar-refractivity contribution in [2.75, 3.05) is 19.8 Å². The van der Waals surface area contributed by atoms with E-state index >= 15 is 0 Å². The predicted octanol–water partition coefficient (Wildman–Crippen LogP) is 1.65. The molecule has 0 saturated carbocycles. The molecular weight excluding hydrogens is 196 g/mol. The Morgan fingerprint density at radius 3 is 2.86 bits per heavy atom. The van der Waals surface area contributed by atoms with E-state index in [2.05, 4.69) is 4.98 Å². The molecular formula is C10H14N2OS. The summed E-state index contributed by atoms with van der Waals surface area (Å²) < 4.78 is 0. The summed E-state index contributed by atoms with van der Waals surface area (Å²) in [5.74, 6) is 0.946. The van der Waals surface area contributed by atoms with Gasteiger partial charge >= 0.3 is 0 Å². The number of nitrogens with zero attached hydrogens (tertiary/aromatic N) is 2. The number of carbonyl (C=O) groups is 1. The summed E-state index contributed by atoms with van der Waals surface area (Å²) in [6.07, 6.45) is 2.32. The lowest BCUT2D eigenvalue weighted by Crippen LogP contribution is -2.21. The van der Waals surface area contributed by atoms with Crippen molar-refractivity contribution in [1.82, 2.24) is 9.88 Å². The summed E-state index contributed by atoms with van der Waals surface area (Å²) in [4.78, 5) is 17.0. The van der Waals surface area contributed by atoms with Crippen molar-refractivity contribution < 1.29 is 4.79 Å². The summed E-state index contributed by atoms with van der Waals surface area (Å²) in [5, 5.41) is 0.971. The molecule has 4 heteroatoms. The monoisotopic (exact) mass is 210 g/mol. The molecule has 0 atom stereocenters. The summed E-state index contributed by atoms with van der Waals surface area (Å²) in [5.41, 5.74) is 0. The smallest absolute Gasteiger partial charge is 0.222 e. The molecule has 0 aromatic carbocycles. The molecule has 0 aliphatic carbocycles. The van der Waals surface area contributed by atoms with E-state index in [0.717, 1.165) is 10.8 Å². The molecule has 3 nitrogen and oxygen atoms in total. The molecule has 76 valence electrons. The lowest BCUT2D eigenvalue weighted by Gasteiger charge is -2.08. The van der Waals surface area contributed by atoms with Crippen molar-refractivity contribution >= 4 is 17.7 Å². The van der Waals surface area contributed by atoms with Crippen LogP contribution in [0, 0.1) is 0 Å². The van der Waals surface area contributed by atoms with Crippen molar-refractivity contribution in [3.05, 3.63) is 24.4 Å². The van der Waals surface area contributed by atoms with E-state index in [-0.39, 0.29) is 5.91 Å². The zero-order chi connectivity index (χ0) is 10.4. The summed E-state index contributed by atoms with van der Waals surface area (Å²) >= 11 is 1.61. The van der Waals surface area contributed by atoms with Crippen LogP contribution in [0.3, 0.4) is 0 Å². The fraction of sp³-hybridized carbons (Fsp3) is 0.400. The molecule has 0 fully saturated rings. The molecule has 0 aliphatic rings. The average molecular weight is 210 g/mol. The van der Waals surface area contributed by atoms with E-state index in [0.29, 0.717) is 6.42 Å². The zero-order valence-corrected chi connectivity index (χ0v) is 9.25. The topological polar surface area (TPSA) is 33.2 Å². The van der Waals surface area contributed by atoms with Crippen LogP contribution in [-0.2, 0) is 4.79 Å². The van der Waals surface area contributed by atoms with Crippen LogP contribution in [0.4, 0.5) is 0 Å². The molecule has 0 saturated heterocycles. The van der Waals surface area contributed by atoms with Gasteiger partial charge in [-0.2, -0.15) is 0 Å². The first-order valence-electron chi connectivity index (χ1n) is 4.44. The van der Waals surface area contributed by atoms with Gasteiger partial charge in [-0.05, 0) is 12.1 Å². The number of aromatic nitrogens is 1. The van der Waals surface area contributed by atoms with Gasteiger partial charge in [0, 0.05) is 32.5 Å². The highest BCUT2D eigenvalue weighted by molar-refractivity contribution is 7.99. The number of hydrogen-bond acceptors (Lipinski definition) is 3. The number of carbonyl (C=O) groups excluding carboxylic acids is 1. The van der Waals surface area contributed by atoms with Gasteiger partial charge in [0.05, 0.1) is 5.03 Å². The number of pyridine rings is 1. The minimum Gasteiger partial charge on any atom is -0.349 e. The van der Waals surface area contributed by atoms with Crippen molar-refractivity contribution in [2.45, 2.75) is 11.4 Å². The zero-order valence-electron chi connectivity index (χ0n) is 8.43. The van der Waals surface area contributed by atoms with Crippen molar-refractivity contribution in [3.63, 3.8) is 0 Å². The van der Waals surface area contributed by atoms with Gasteiger partial charge in [0.1, 0.15) is 0 Å². The van der Waals surface area contributed by atoms with Crippen molar-refractivity contribution in [3.8, 4) is 0 Å². The number of rotatable bonds is 4. The molecule has 0 aliphatic heterocycles. The molecule has 1 amide bonds. The Labute approximate surface area is 88.5 Å². The maximum absolute atomic E-state index is 11.2. The highest BCUT2D eigenvalue weighted by atomic mass is 32.2. The first-order valence-corrected chi connectivity index (χ1v) is 5.42. The van der Waals surface area contributed by atoms with Gasteiger partial charge in [-0.15, -0.1) is 11.8 Å². The van der Waals surface area contributed by atoms with Crippen molar-refractivity contribution in [1.29, 1.82) is 0 Å². The van der Waals surface area contributed by atoms with E-state index in [1.165, 1.54) is 0 Å². The van der Waals surface area contributed by atoms with E-state index in [4.69, 9.17) is 0 Å². The van der Waals surface area contributed by atoms with Crippen LogP contribution in [0.2, 0.25) is 0 Å².